The van der Waals surface area contributed by atoms with Crippen molar-refractivity contribution >= 4 is 27.8 Å². The van der Waals surface area contributed by atoms with Gasteiger partial charge in [-0.3, -0.25) is 4.79 Å². The lowest BCUT2D eigenvalue weighted by Gasteiger charge is -2.24. The van der Waals surface area contributed by atoms with Gasteiger partial charge in [-0.1, -0.05) is 46.3 Å². The first kappa shape index (κ1) is 18.6. The highest BCUT2D eigenvalue weighted by atomic mass is 79.9. The van der Waals surface area contributed by atoms with Crippen LogP contribution in [0.5, 0.6) is 0 Å². The van der Waals surface area contributed by atoms with Gasteiger partial charge in [-0.15, -0.1) is 0 Å². The van der Waals surface area contributed by atoms with E-state index in [9.17, 15) is 9.59 Å². The second-order valence-electron chi connectivity index (χ2n) is 6.48. The number of rotatable bonds is 7. The molecule has 0 aliphatic heterocycles. The normalized spacial score (nSPS) is 13.3. The molecule has 26 heavy (non-hydrogen) atoms. The lowest BCUT2D eigenvalue weighted by Crippen LogP contribution is -2.31. The van der Waals surface area contributed by atoms with Gasteiger partial charge in [-0.2, -0.15) is 0 Å². The van der Waals surface area contributed by atoms with Gasteiger partial charge in [0.15, 0.2) is 0 Å². The summed E-state index contributed by atoms with van der Waals surface area (Å²) >= 11 is 3.54. The smallest absolute Gasteiger partial charge is 0.338 e. The van der Waals surface area contributed by atoms with Crippen LogP contribution in [0.3, 0.4) is 0 Å². The van der Waals surface area contributed by atoms with E-state index in [0.29, 0.717) is 25.3 Å². The van der Waals surface area contributed by atoms with Gasteiger partial charge in [-0.05, 0) is 49.1 Å². The van der Waals surface area contributed by atoms with Crippen LogP contribution in [-0.2, 0) is 22.6 Å². The minimum atomic E-state index is -0.343. The van der Waals surface area contributed by atoms with Gasteiger partial charge in [0.2, 0.25) is 5.91 Å². The van der Waals surface area contributed by atoms with Crippen LogP contribution in [0.1, 0.15) is 41.3 Å². The Morgan fingerprint density at radius 1 is 1.12 bits per heavy atom. The Morgan fingerprint density at radius 3 is 2.50 bits per heavy atom. The van der Waals surface area contributed by atoms with Crippen LogP contribution in [0.25, 0.3) is 0 Å². The van der Waals surface area contributed by atoms with Gasteiger partial charge >= 0.3 is 5.97 Å². The second kappa shape index (κ2) is 8.49. The summed E-state index contributed by atoms with van der Waals surface area (Å²) in [7, 11) is 0. The predicted octanol–water partition coefficient (Wildman–Crippen LogP) is 4.56. The van der Waals surface area contributed by atoms with Crippen LogP contribution in [0.4, 0.5) is 0 Å². The monoisotopic (exact) mass is 415 g/mol. The first-order valence-electron chi connectivity index (χ1n) is 8.86. The van der Waals surface area contributed by atoms with Gasteiger partial charge in [-0.25, -0.2) is 4.79 Å². The summed E-state index contributed by atoms with van der Waals surface area (Å²) in [6, 6.07) is 15.4. The Bertz CT molecular complexity index is 787. The minimum Gasteiger partial charge on any atom is -0.462 e. The standard InChI is InChI=1S/C21H22BrNO3/c1-2-26-21(25)17-10-11-19(22)18(12-17)14-23(20(24)16-8-9-16)13-15-6-4-3-5-7-15/h3-7,10-12,16H,2,8-9,13-14H2,1H3. The third-order valence-corrected chi connectivity index (χ3v) is 5.15. The number of carbonyl (C=O) groups excluding carboxylic acids is 2. The van der Waals surface area contributed by atoms with Gasteiger partial charge < -0.3 is 9.64 Å². The molecule has 1 amide bonds. The highest BCUT2D eigenvalue weighted by Gasteiger charge is 2.33. The SMILES string of the molecule is CCOC(=O)c1ccc(Br)c(CN(Cc2ccccc2)C(=O)C2CC2)c1. The maximum Gasteiger partial charge on any atom is 0.338 e. The quantitative estimate of drug-likeness (QED) is 0.622. The summed E-state index contributed by atoms with van der Waals surface area (Å²) in [5.41, 5.74) is 2.50. The molecule has 0 aromatic heterocycles. The fraction of sp³-hybridized carbons (Fsp3) is 0.333. The van der Waals surface area contributed by atoms with E-state index in [2.05, 4.69) is 15.9 Å². The summed E-state index contributed by atoms with van der Waals surface area (Å²) in [6.45, 7) is 3.14. The molecule has 1 saturated carbocycles. The first-order valence-corrected chi connectivity index (χ1v) is 9.66. The largest absolute Gasteiger partial charge is 0.462 e. The van der Waals surface area contributed by atoms with Crippen LogP contribution >= 0.6 is 15.9 Å². The fourth-order valence-corrected chi connectivity index (χ4v) is 3.22. The number of nitrogens with zero attached hydrogens (tertiary/aromatic N) is 1. The van der Waals surface area contributed by atoms with Crippen molar-refractivity contribution in [1.82, 2.24) is 4.90 Å². The number of hydrogen-bond donors (Lipinski definition) is 0. The number of esters is 1. The van der Waals surface area contributed by atoms with Crippen molar-refractivity contribution in [3.8, 4) is 0 Å². The molecule has 0 bridgehead atoms. The molecule has 0 radical (unpaired) electrons. The highest BCUT2D eigenvalue weighted by Crippen LogP contribution is 2.32. The number of ether oxygens (including phenoxy) is 1. The van der Waals surface area contributed by atoms with Crippen LogP contribution in [0.2, 0.25) is 0 Å². The molecule has 3 rings (SSSR count). The minimum absolute atomic E-state index is 0.144. The van der Waals surface area contributed by atoms with Crippen molar-refractivity contribution < 1.29 is 14.3 Å². The molecule has 0 spiro atoms. The van der Waals surface area contributed by atoms with E-state index < -0.39 is 0 Å². The third-order valence-electron chi connectivity index (χ3n) is 4.37. The predicted molar refractivity (Wildman–Crippen MR) is 104 cm³/mol. The van der Waals surface area contributed by atoms with Gasteiger partial charge in [0.25, 0.3) is 0 Å². The lowest BCUT2D eigenvalue weighted by atomic mass is 10.1. The van der Waals surface area contributed by atoms with Gasteiger partial charge in [0.1, 0.15) is 0 Å². The van der Waals surface area contributed by atoms with Crippen LogP contribution < -0.4 is 0 Å². The summed E-state index contributed by atoms with van der Waals surface area (Å²) in [5, 5.41) is 0. The third kappa shape index (κ3) is 4.73. The van der Waals surface area contributed by atoms with Crippen LogP contribution in [0, 0.1) is 5.92 Å². The van der Waals surface area contributed by atoms with Crippen molar-refractivity contribution in [3.05, 3.63) is 69.7 Å². The number of benzene rings is 2. The summed E-state index contributed by atoms with van der Waals surface area (Å²) < 4.78 is 5.97. The Morgan fingerprint density at radius 2 is 1.85 bits per heavy atom. The van der Waals surface area contributed by atoms with E-state index in [0.717, 1.165) is 28.4 Å². The van der Waals surface area contributed by atoms with E-state index in [-0.39, 0.29) is 17.8 Å². The Hall–Kier alpha value is -2.14. The van der Waals surface area contributed by atoms with E-state index in [1.165, 1.54) is 0 Å². The summed E-state index contributed by atoms with van der Waals surface area (Å²) in [6.07, 6.45) is 1.93. The molecule has 2 aromatic rings. The molecule has 0 unspecified atom stereocenters. The maximum absolute atomic E-state index is 12.8. The number of halogens is 1. The molecule has 0 heterocycles. The molecule has 2 aromatic carbocycles. The number of hydrogen-bond acceptors (Lipinski definition) is 3. The molecule has 5 heteroatoms. The van der Waals surface area contributed by atoms with Crippen LogP contribution in [0.15, 0.2) is 53.0 Å². The molecular weight excluding hydrogens is 394 g/mol. The number of carbonyl (C=O) groups is 2. The average Bonchev–Trinajstić information content (AvgIpc) is 3.48. The van der Waals surface area contributed by atoms with Crippen molar-refractivity contribution in [2.24, 2.45) is 5.92 Å². The summed E-state index contributed by atoms with van der Waals surface area (Å²) in [4.78, 5) is 26.7. The molecule has 136 valence electrons. The molecule has 1 aliphatic carbocycles. The van der Waals surface area contributed by atoms with Crippen molar-refractivity contribution in [2.45, 2.75) is 32.9 Å². The van der Waals surface area contributed by atoms with Crippen molar-refractivity contribution in [3.63, 3.8) is 0 Å². The van der Waals surface area contributed by atoms with E-state index in [1.54, 1.807) is 19.1 Å². The van der Waals surface area contributed by atoms with Gasteiger partial charge in [0, 0.05) is 23.5 Å². The molecule has 4 nitrogen and oxygen atoms in total. The Balaban J connectivity index is 1.82. The summed E-state index contributed by atoms with van der Waals surface area (Å²) in [5.74, 6) is -0.0163. The first-order chi connectivity index (χ1) is 12.6. The lowest BCUT2D eigenvalue weighted by molar-refractivity contribution is -0.133. The van der Waals surface area contributed by atoms with E-state index in [1.807, 2.05) is 41.3 Å². The van der Waals surface area contributed by atoms with E-state index in [4.69, 9.17) is 4.74 Å². The fourth-order valence-electron chi connectivity index (χ4n) is 2.85. The van der Waals surface area contributed by atoms with Crippen molar-refractivity contribution in [2.75, 3.05) is 6.61 Å². The van der Waals surface area contributed by atoms with Gasteiger partial charge in [0.05, 0.1) is 12.2 Å². The Labute approximate surface area is 162 Å². The molecule has 0 N–H and O–H groups in total. The molecule has 0 saturated heterocycles. The molecule has 0 atom stereocenters. The zero-order valence-corrected chi connectivity index (χ0v) is 16.4. The topological polar surface area (TPSA) is 46.6 Å². The molecule has 1 fully saturated rings. The maximum atomic E-state index is 12.8. The zero-order valence-electron chi connectivity index (χ0n) is 14.8. The zero-order chi connectivity index (χ0) is 18.5. The second-order valence-corrected chi connectivity index (χ2v) is 7.34. The highest BCUT2D eigenvalue weighted by molar-refractivity contribution is 9.10. The Kier molecular flexibility index (Phi) is 6.09. The van der Waals surface area contributed by atoms with E-state index >= 15 is 0 Å². The van der Waals surface area contributed by atoms with Crippen molar-refractivity contribution in [1.29, 1.82) is 0 Å². The number of amides is 1. The molecular formula is C21H22BrNO3. The average molecular weight is 416 g/mol. The molecule has 1 aliphatic rings. The van der Waals surface area contributed by atoms with Crippen LogP contribution in [-0.4, -0.2) is 23.4 Å².